The van der Waals surface area contributed by atoms with Crippen molar-refractivity contribution in [3.8, 4) is 5.75 Å². The van der Waals surface area contributed by atoms with Crippen LogP contribution in [0.25, 0.3) is 0 Å². The van der Waals surface area contributed by atoms with E-state index in [1.54, 1.807) is 18.2 Å². The van der Waals surface area contributed by atoms with Crippen molar-refractivity contribution in [3.63, 3.8) is 0 Å². The molecule has 0 fully saturated rings. The lowest BCUT2D eigenvalue weighted by molar-refractivity contribution is -0.384. The third-order valence-corrected chi connectivity index (χ3v) is 2.23. The summed E-state index contributed by atoms with van der Waals surface area (Å²) in [5, 5.41) is 19.3. The molecule has 0 amide bonds. The molecule has 0 bridgehead atoms. The molecular formula is C13H13NO5. The molecule has 0 aromatic heterocycles. The van der Waals surface area contributed by atoms with E-state index in [1.165, 1.54) is 18.2 Å². The van der Waals surface area contributed by atoms with Crippen molar-refractivity contribution in [1.29, 1.82) is 0 Å². The van der Waals surface area contributed by atoms with Crippen LogP contribution < -0.4 is 4.74 Å². The monoisotopic (exact) mass is 263 g/mol. The van der Waals surface area contributed by atoms with Gasteiger partial charge in [-0.3, -0.25) is 10.1 Å². The number of nitrogens with zero attached hydrogens (tertiary/aromatic N) is 1. The molecular weight excluding hydrogens is 250 g/mol. The van der Waals surface area contributed by atoms with Crippen LogP contribution in [0.4, 0.5) is 10.5 Å². The quantitative estimate of drug-likeness (QED) is 0.289. The first-order chi connectivity index (χ1) is 9.04. The molecule has 0 saturated carbocycles. The molecule has 6 nitrogen and oxygen atoms in total. The molecule has 1 aromatic carbocycles. The predicted octanol–water partition coefficient (Wildman–Crippen LogP) is 3.33. The number of hydrogen-bond donors (Lipinski definition) is 1. The summed E-state index contributed by atoms with van der Waals surface area (Å²) in [6, 6.07) is 3.79. The summed E-state index contributed by atoms with van der Waals surface area (Å²) in [6.07, 6.45) is 6.05. The molecule has 0 saturated heterocycles. The van der Waals surface area contributed by atoms with Crippen LogP contribution in [0, 0.1) is 10.1 Å². The van der Waals surface area contributed by atoms with Crippen molar-refractivity contribution in [2.75, 3.05) is 0 Å². The maximum absolute atomic E-state index is 10.7. The van der Waals surface area contributed by atoms with Crippen LogP contribution in [0.2, 0.25) is 0 Å². The molecule has 0 unspecified atom stereocenters. The Morgan fingerprint density at radius 1 is 1.47 bits per heavy atom. The lowest BCUT2D eigenvalue weighted by Gasteiger charge is -2.05. The Hall–Kier alpha value is -2.63. The Labute approximate surface area is 109 Å². The zero-order valence-electron chi connectivity index (χ0n) is 10.3. The second kappa shape index (κ2) is 6.95. The number of non-ortho nitro benzene ring substituents is 1. The highest BCUT2D eigenvalue weighted by Gasteiger charge is 2.13. The maximum atomic E-state index is 10.7. The Morgan fingerprint density at radius 2 is 2.21 bits per heavy atom. The number of nitro groups is 1. The summed E-state index contributed by atoms with van der Waals surface area (Å²) >= 11 is 0. The number of rotatable bonds is 5. The molecule has 1 aromatic rings. The number of nitro benzene ring substituents is 1. The van der Waals surface area contributed by atoms with Gasteiger partial charge in [-0.1, -0.05) is 24.3 Å². The summed E-state index contributed by atoms with van der Waals surface area (Å²) in [5.41, 5.74) is 0.338. The highest BCUT2D eigenvalue weighted by molar-refractivity contribution is 5.62. The summed E-state index contributed by atoms with van der Waals surface area (Å²) in [5.74, 6) is 0.100. The van der Waals surface area contributed by atoms with E-state index in [2.05, 4.69) is 4.74 Å². The smallest absolute Gasteiger partial charge is 0.449 e. The Morgan fingerprint density at radius 3 is 2.79 bits per heavy atom. The van der Waals surface area contributed by atoms with E-state index in [1.807, 2.05) is 13.0 Å². The third kappa shape index (κ3) is 4.63. The summed E-state index contributed by atoms with van der Waals surface area (Å²) in [4.78, 5) is 20.7. The average Bonchev–Trinajstić information content (AvgIpc) is 2.35. The fraction of sp³-hybridized carbons (Fsp3) is 0.154. The molecule has 100 valence electrons. The Balaban J connectivity index is 3.03. The number of carboxylic acid groups (broad SMARTS) is 1. The van der Waals surface area contributed by atoms with Crippen molar-refractivity contribution in [3.05, 3.63) is 58.2 Å². The van der Waals surface area contributed by atoms with Crippen molar-refractivity contribution in [2.45, 2.75) is 13.3 Å². The summed E-state index contributed by atoms with van der Waals surface area (Å²) in [6.45, 7) is 1.86. The van der Waals surface area contributed by atoms with E-state index in [0.717, 1.165) is 0 Å². The maximum Gasteiger partial charge on any atom is 0.511 e. The highest BCUT2D eigenvalue weighted by Crippen LogP contribution is 2.25. The zero-order valence-corrected chi connectivity index (χ0v) is 10.3. The molecule has 1 N–H and O–H groups in total. The van der Waals surface area contributed by atoms with Gasteiger partial charge in [0.1, 0.15) is 5.75 Å². The molecule has 0 aliphatic heterocycles. The minimum absolute atomic E-state index is 0.100. The topological polar surface area (TPSA) is 89.7 Å². The fourth-order valence-electron chi connectivity index (χ4n) is 1.42. The van der Waals surface area contributed by atoms with Crippen LogP contribution in [0.1, 0.15) is 12.5 Å². The molecule has 0 spiro atoms. The van der Waals surface area contributed by atoms with Gasteiger partial charge in [-0.25, -0.2) is 4.79 Å². The summed E-state index contributed by atoms with van der Waals surface area (Å²) in [7, 11) is 0. The van der Waals surface area contributed by atoms with Gasteiger partial charge in [-0.15, -0.1) is 0 Å². The van der Waals surface area contributed by atoms with Crippen molar-refractivity contribution in [1.82, 2.24) is 0 Å². The molecule has 19 heavy (non-hydrogen) atoms. The minimum Gasteiger partial charge on any atom is -0.449 e. The molecule has 0 aliphatic rings. The third-order valence-electron chi connectivity index (χ3n) is 2.23. The standard InChI is InChI=1S/C13H13NO5/c1-2-3-4-5-6-10-9-11(14(17)18)7-8-12(10)19-13(15)16/h2-5,7-9H,6H2,1H3,(H,15,16). The van der Waals surface area contributed by atoms with Crippen molar-refractivity contribution >= 4 is 11.8 Å². The van der Waals surface area contributed by atoms with E-state index >= 15 is 0 Å². The Kier molecular flexibility index (Phi) is 5.28. The largest absolute Gasteiger partial charge is 0.511 e. The SMILES string of the molecule is CC=CC=CCc1cc([N+](=O)[O-])ccc1OC(=O)O. The normalized spacial score (nSPS) is 11.0. The van der Waals surface area contributed by atoms with Crippen LogP contribution in [0.3, 0.4) is 0 Å². The number of ether oxygens (including phenoxy) is 1. The average molecular weight is 263 g/mol. The van der Waals surface area contributed by atoms with E-state index in [-0.39, 0.29) is 11.4 Å². The van der Waals surface area contributed by atoms with Crippen molar-refractivity contribution in [2.24, 2.45) is 0 Å². The zero-order chi connectivity index (χ0) is 14.3. The second-order valence-corrected chi connectivity index (χ2v) is 3.58. The minimum atomic E-state index is -1.45. The van der Waals surface area contributed by atoms with E-state index in [0.29, 0.717) is 12.0 Å². The number of hydrogen-bond acceptors (Lipinski definition) is 4. The van der Waals surface area contributed by atoms with Crippen LogP contribution in [0.5, 0.6) is 5.75 Å². The first-order valence-corrected chi connectivity index (χ1v) is 5.50. The first-order valence-electron chi connectivity index (χ1n) is 5.50. The van der Waals surface area contributed by atoms with Gasteiger partial charge in [0.15, 0.2) is 0 Å². The molecule has 1 rings (SSSR count). The molecule has 0 atom stereocenters. The first kappa shape index (κ1) is 14.4. The molecule has 0 aliphatic carbocycles. The van der Waals surface area contributed by atoms with Gasteiger partial charge in [-0.2, -0.15) is 0 Å². The van der Waals surface area contributed by atoms with Crippen LogP contribution >= 0.6 is 0 Å². The predicted molar refractivity (Wildman–Crippen MR) is 69.4 cm³/mol. The van der Waals surface area contributed by atoms with Gasteiger partial charge in [-0.05, 0) is 19.4 Å². The lowest BCUT2D eigenvalue weighted by Crippen LogP contribution is -2.05. The van der Waals surface area contributed by atoms with Crippen LogP contribution in [-0.4, -0.2) is 16.2 Å². The van der Waals surface area contributed by atoms with E-state index in [4.69, 9.17) is 5.11 Å². The number of allylic oxidation sites excluding steroid dienone is 4. The van der Waals surface area contributed by atoms with Gasteiger partial charge in [0.2, 0.25) is 0 Å². The van der Waals surface area contributed by atoms with Crippen molar-refractivity contribution < 1.29 is 19.6 Å². The molecule has 0 heterocycles. The van der Waals surface area contributed by atoms with Gasteiger partial charge >= 0.3 is 6.16 Å². The van der Waals surface area contributed by atoms with Gasteiger partial charge in [0.25, 0.3) is 5.69 Å². The van der Waals surface area contributed by atoms with Gasteiger partial charge < -0.3 is 9.84 Å². The lowest BCUT2D eigenvalue weighted by atomic mass is 10.1. The van der Waals surface area contributed by atoms with Gasteiger partial charge in [0, 0.05) is 17.7 Å². The van der Waals surface area contributed by atoms with Gasteiger partial charge in [0.05, 0.1) is 4.92 Å². The number of benzene rings is 1. The van der Waals surface area contributed by atoms with E-state index in [9.17, 15) is 14.9 Å². The fourth-order valence-corrected chi connectivity index (χ4v) is 1.42. The highest BCUT2D eigenvalue weighted by atomic mass is 16.7. The summed E-state index contributed by atoms with van der Waals surface area (Å²) < 4.78 is 4.58. The van der Waals surface area contributed by atoms with Crippen LogP contribution in [-0.2, 0) is 6.42 Å². The molecule has 0 radical (unpaired) electrons. The Bertz CT molecular complexity index is 534. The molecule has 6 heteroatoms. The van der Waals surface area contributed by atoms with E-state index < -0.39 is 11.1 Å². The van der Waals surface area contributed by atoms with Crippen LogP contribution in [0.15, 0.2) is 42.5 Å². The number of carbonyl (C=O) groups is 1. The second-order valence-electron chi connectivity index (χ2n) is 3.58.